The predicted octanol–water partition coefficient (Wildman–Crippen LogP) is 2.85. The SMILES string of the molecule is CCC[C@H](NC(=O)Nc1ccc(OC(C)C)cc1)C(=O)O. The lowest BCUT2D eigenvalue weighted by Gasteiger charge is -2.15. The van der Waals surface area contributed by atoms with E-state index in [9.17, 15) is 9.59 Å². The average molecular weight is 294 g/mol. The fourth-order valence-electron chi connectivity index (χ4n) is 1.76. The highest BCUT2D eigenvalue weighted by Gasteiger charge is 2.18. The van der Waals surface area contributed by atoms with Gasteiger partial charge in [0.2, 0.25) is 0 Å². The summed E-state index contributed by atoms with van der Waals surface area (Å²) >= 11 is 0. The van der Waals surface area contributed by atoms with Gasteiger partial charge in [-0.3, -0.25) is 0 Å². The molecule has 1 aromatic rings. The van der Waals surface area contributed by atoms with Crippen LogP contribution in [0.4, 0.5) is 10.5 Å². The minimum Gasteiger partial charge on any atom is -0.491 e. The van der Waals surface area contributed by atoms with E-state index in [0.29, 0.717) is 24.3 Å². The second-order valence-electron chi connectivity index (χ2n) is 4.97. The van der Waals surface area contributed by atoms with Crippen molar-refractivity contribution < 1.29 is 19.4 Å². The number of nitrogens with one attached hydrogen (secondary N) is 2. The van der Waals surface area contributed by atoms with Crippen molar-refractivity contribution in [1.29, 1.82) is 0 Å². The summed E-state index contributed by atoms with van der Waals surface area (Å²) < 4.78 is 5.50. The molecule has 0 saturated heterocycles. The first-order chi connectivity index (χ1) is 9.92. The second-order valence-corrected chi connectivity index (χ2v) is 4.97. The van der Waals surface area contributed by atoms with Crippen LogP contribution in [0.15, 0.2) is 24.3 Å². The van der Waals surface area contributed by atoms with E-state index in [1.165, 1.54) is 0 Å². The van der Waals surface area contributed by atoms with Crippen LogP contribution in [-0.4, -0.2) is 29.3 Å². The predicted molar refractivity (Wildman–Crippen MR) is 80.7 cm³/mol. The summed E-state index contributed by atoms with van der Waals surface area (Å²) in [5.41, 5.74) is 0.573. The highest BCUT2D eigenvalue weighted by atomic mass is 16.5. The summed E-state index contributed by atoms with van der Waals surface area (Å²) in [5.74, 6) is -0.321. The van der Waals surface area contributed by atoms with E-state index < -0.39 is 18.0 Å². The van der Waals surface area contributed by atoms with E-state index in [1.54, 1.807) is 24.3 Å². The summed E-state index contributed by atoms with van der Waals surface area (Å²) in [6, 6.07) is 5.49. The molecule has 0 heterocycles. The molecule has 6 heteroatoms. The molecule has 2 amide bonds. The fraction of sp³-hybridized carbons (Fsp3) is 0.467. The summed E-state index contributed by atoms with van der Waals surface area (Å²) in [4.78, 5) is 22.7. The molecule has 21 heavy (non-hydrogen) atoms. The first-order valence-electron chi connectivity index (χ1n) is 6.99. The van der Waals surface area contributed by atoms with Gasteiger partial charge in [-0.1, -0.05) is 13.3 Å². The minimum absolute atomic E-state index is 0.0810. The minimum atomic E-state index is -1.03. The molecule has 1 rings (SSSR count). The molecule has 116 valence electrons. The topological polar surface area (TPSA) is 87.7 Å². The molecule has 0 aliphatic rings. The lowest BCUT2D eigenvalue weighted by atomic mass is 10.2. The van der Waals surface area contributed by atoms with E-state index in [-0.39, 0.29) is 6.10 Å². The van der Waals surface area contributed by atoms with Crippen molar-refractivity contribution in [2.45, 2.75) is 45.8 Å². The number of carbonyl (C=O) groups is 2. The first-order valence-corrected chi connectivity index (χ1v) is 6.99. The van der Waals surface area contributed by atoms with E-state index >= 15 is 0 Å². The number of ether oxygens (including phenoxy) is 1. The Labute approximate surface area is 124 Å². The number of rotatable bonds is 7. The number of benzene rings is 1. The van der Waals surface area contributed by atoms with Crippen LogP contribution in [0.25, 0.3) is 0 Å². The van der Waals surface area contributed by atoms with Gasteiger partial charge in [0, 0.05) is 5.69 Å². The Bertz CT molecular complexity index is 471. The van der Waals surface area contributed by atoms with Gasteiger partial charge >= 0.3 is 12.0 Å². The zero-order chi connectivity index (χ0) is 15.8. The van der Waals surface area contributed by atoms with Crippen LogP contribution < -0.4 is 15.4 Å². The van der Waals surface area contributed by atoms with Crippen LogP contribution in [-0.2, 0) is 4.79 Å². The summed E-state index contributed by atoms with van der Waals surface area (Å²) in [6.07, 6.45) is 1.15. The number of carbonyl (C=O) groups excluding carboxylic acids is 1. The van der Waals surface area contributed by atoms with Gasteiger partial charge in [0.15, 0.2) is 0 Å². The average Bonchev–Trinajstić information content (AvgIpc) is 2.40. The Hall–Kier alpha value is -2.24. The zero-order valence-corrected chi connectivity index (χ0v) is 12.6. The van der Waals surface area contributed by atoms with E-state index in [4.69, 9.17) is 9.84 Å². The summed E-state index contributed by atoms with van der Waals surface area (Å²) in [5, 5.41) is 14.0. The molecule has 0 radical (unpaired) electrons. The van der Waals surface area contributed by atoms with E-state index in [1.807, 2.05) is 20.8 Å². The molecule has 1 aromatic carbocycles. The Balaban J connectivity index is 2.56. The number of carboxylic acid groups (broad SMARTS) is 1. The van der Waals surface area contributed by atoms with E-state index in [0.717, 1.165) is 0 Å². The van der Waals surface area contributed by atoms with Crippen molar-refractivity contribution in [2.75, 3.05) is 5.32 Å². The highest BCUT2D eigenvalue weighted by Crippen LogP contribution is 2.16. The standard InChI is InChI=1S/C15H22N2O4/c1-4-5-13(14(18)19)17-15(20)16-11-6-8-12(9-7-11)21-10(2)3/h6-10,13H,4-5H2,1-3H3,(H,18,19)(H2,16,17,20)/t13-/m0/s1. The van der Waals surface area contributed by atoms with Crippen molar-refractivity contribution in [3.63, 3.8) is 0 Å². The van der Waals surface area contributed by atoms with Crippen LogP contribution in [0, 0.1) is 0 Å². The van der Waals surface area contributed by atoms with Crippen LogP contribution >= 0.6 is 0 Å². The van der Waals surface area contributed by atoms with Crippen LogP contribution in [0.3, 0.4) is 0 Å². The smallest absolute Gasteiger partial charge is 0.326 e. The van der Waals surface area contributed by atoms with Gasteiger partial charge in [0.25, 0.3) is 0 Å². The number of anilines is 1. The third-order valence-electron chi connectivity index (χ3n) is 2.66. The van der Waals surface area contributed by atoms with Crippen molar-refractivity contribution in [3.05, 3.63) is 24.3 Å². The largest absolute Gasteiger partial charge is 0.491 e. The molecule has 0 aliphatic heterocycles. The lowest BCUT2D eigenvalue weighted by molar-refractivity contribution is -0.139. The molecule has 3 N–H and O–H groups in total. The molecule has 0 aromatic heterocycles. The molecule has 0 spiro atoms. The molecule has 0 saturated carbocycles. The maximum absolute atomic E-state index is 11.7. The molecule has 0 fully saturated rings. The van der Waals surface area contributed by atoms with Gasteiger partial charge in [0.05, 0.1) is 6.10 Å². The Morgan fingerprint density at radius 2 is 1.86 bits per heavy atom. The molecule has 0 bridgehead atoms. The number of hydrogen-bond donors (Lipinski definition) is 3. The van der Waals surface area contributed by atoms with Gasteiger partial charge in [-0.2, -0.15) is 0 Å². The number of carboxylic acids is 1. The summed E-state index contributed by atoms with van der Waals surface area (Å²) in [7, 11) is 0. The molecule has 0 aliphatic carbocycles. The third-order valence-corrected chi connectivity index (χ3v) is 2.66. The fourth-order valence-corrected chi connectivity index (χ4v) is 1.76. The Kier molecular flexibility index (Phi) is 6.52. The first kappa shape index (κ1) is 16.8. The molecular weight excluding hydrogens is 272 g/mol. The second kappa shape index (κ2) is 8.14. The van der Waals surface area contributed by atoms with Gasteiger partial charge in [0.1, 0.15) is 11.8 Å². The zero-order valence-electron chi connectivity index (χ0n) is 12.6. The van der Waals surface area contributed by atoms with Gasteiger partial charge in [-0.05, 0) is 44.5 Å². The number of urea groups is 1. The number of aliphatic carboxylic acids is 1. The maximum Gasteiger partial charge on any atom is 0.326 e. The van der Waals surface area contributed by atoms with Crippen molar-refractivity contribution in [1.82, 2.24) is 5.32 Å². The molecule has 1 atom stereocenters. The number of hydrogen-bond acceptors (Lipinski definition) is 3. The van der Waals surface area contributed by atoms with Crippen LogP contribution in [0.2, 0.25) is 0 Å². The van der Waals surface area contributed by atoms with E-state index in [2.05, 4.69) is 10.6 Å². The third kappa shape index (κ3) is 6.16. The Morgan fingerprint density at radius 3 is 2.33 bits per heavy atom. The maximum atomic E-state index is 11.7. The van der Waals surface area contributed by atoms with Crippen LogP contribution in [0.1, 0.15) is 33.6 Å². The van der Waals surface area contributed by atoms with Crippen molar-refractivity contribution in [3.8, 4) is 5.75 Å². The number of amides is 2. The van der Waals surface area contributed by atoms with Gasteiger partial charge < -0.3 is 20.5 Å². The quantitative estimate of drug-likeness (QED) is 0.721. The molecule has 6 nitrogen and oxygen atoms in total. The van der Waals surface area contributed by atoms with Crippen LogP contribution in [0.5, 0.6) is 5.75 Å². The lowest BCUT2D eigenvalue weighted by Crippen LogP contribution is -2.42. The Morgan fingerprint density at radius 1 is 1.24 bits per heavy atom. The normalized spacial score (nSPS) is 11.8. The van der Waals surface area contributed by atoms with Gasteiger partial charge in [-0.25, -0.2) is 9.59 Å². The summed E-state index contributed by atoms with van der Waals surface area (Å²) in [6.45, 7) is 5.72. The van der Waals surface area contributed by atoms with Crippen molar-refractivity contribution >= 4 is 17.7 Å². The monoisotopic (exact) mass is 294 g/mol. The molecule has 0 unspecified atom stereocenters. The highest BCUT2D eigenvalue weighted by molar-refractivity contribution is 5.92. The van der Waals surface area contributed by atoms with Gasteiger partial charge in [-0.15, -0.1) is 0 Å². The van der Waals surface area contributed by atoms with Crippen molar-refractivity contribution in [2.24, 2.45) is 0 Å². The molecular formula is C15H22N2O4.